The van der Waals surface area contributed by atoms with Gasteiger partial charge in [0.05, 0.1) is 24.8 Å². The maximum absolute atomic E-state index is 12.6. The highest BCUT2D eigenvalue weighted by Crippen LogP contribution is 2.29. The van der Waals surface area contributed by atoms with E-state index in [2.05, 4.69) is 0 Å². The smallest absolute Gasteiger partial charge is 0.416 e. The fourth-order valence-electron chi connectivity index (χ4n) is 2.56. The Balaban J connectivity index is 2.06. The van der Waals surface area contributed by atoms with E-state index in [-0.39, 0.29) is 24.4 Å². The maximum atomic E-state index is 12.6. The van der Waals surface area contributed by atoms with Crippen LogP contribution in [0, 0.1) is 0 Å². The van der Waals surface area contributed by atoms with Crippen LogP contribution in [-0.4, -0.2) is 48.2 Å². The lowest BCUT2D eigenvalue weighted by Gasteiger charge is -2.36. The molecule has 0 radical (unpaired) electrons. The third-order valence-electron chi connectivity index (χ3n) is 3.81. The van der Waals surface area contributed by atoms with Crippen molar-refractivity contribution >= 4 is 11.9 Å². The monoisotopic (exact) mass is 373 g/mol. The third kappa shape index (κ3) is 5.45. The van der Waals surface area contributed by atoms with Crippen molar-refractivity contribution in [2.75, 3.05) is 19.8 Å². The molecule has 1 aliphatic rings. The highest BCUT2D eigenvalue weighted by Gasteiger charge is 2.33. The first-order valence-corrected chi connectivity index (χ1v) is 8.25. The molecule has 1 aromatic rings. The van der Waals surface area contributed by atoms with Gasteiger partial charge in [-0.25, -0.2) is 4.79 Å². The van der Waals surface area contributed by atoms with Crippen LogP contribution in [0.15, 0.2) is 24.3 Å². The van der Waals surface area contributed by atoms with Gasteiger partial charge in [-0.15, -0.1) is 0 Å². The maximum Gasteiger partial charge on any atom is 0.416 e. The SMILES string of the molecule is CC(C)(C)OC(=O)N1CCOCC1CC(=O)c1ccc(C(F)(F)F)cc1. The zero-order valence-corrected chi connectivity index (χ0v) is 14.9. The van der Waals surface area contributed by atoms with Crippen molar-refractivity contribution in [2.45, 2.75) is 45.0 Å². The van der Waals surface area contributed by atoms with Crippen molar-refractivity contribution in [1.82, 2.24) is 4.90 Å². The lowest BCUT2D eigenvalue weighted by atomic mass is 10.0. The van der Waals surface area contributed by atoms with Gasteiger partial charge in [0, 0.05) is 18.5 Å². The Labute approximate surface area is 150 Å². The molecule has 1 aromatic carbocycles. The molecule has 1 aliphatic heterocycles. The second-order valence-corrected chi connectivity index (χ2v) is 7.10. The molecule has 1 fully saturated rings. The highest BCUT2D eigenvalue weighted by molar-refractivity contribution is 5.96. The summed E-state index contributed by atoms with van der Waals surface area (Å²) in [6.07, 6.45) is -5.04. The molecule has 0 saturated carbocycles. The Morgan fingerprint density at radius 2 is 1.81 bits per heavy atom. The van der Waals surface area contributed by atoms with E-state index >= 15 is 0 Å². The van der Waals surface area contributed by atoms with Gasteiger partial charge in [0.25, 0.3) is 0 Å². The number of carbonyl (C=O) groups excluding carboxylic acids is 2. The van der Waals surface area contributed by atoms with Crippen molar-refractivity contribution in [3.8, 4) is 0 Å². The first-order chi connectivity index (χ1) is 12.0. The number of nitrogens with zero attached hydrogens (tertiary/aromatic N) is 1. The van der Waals surface area contributed by atoms with Gasteiger partial charge in [0.15, 0.2) is 5.78 Å². The number of amides is 1. The first-order valence-electron chi connectivity index (χ1n) is 8.25. The number of halogens is 3. The molecule has 0 aliphatic carbocycles. The van der Waals surface area contributed by atoms with Crippen LogP contribution in [0.25, 0.3) is 0 Å². The van der Waals surface area contributed by atoms with Crippen molar-refractivity contribution in [3.63, 3.8) is 0 Å². The predicted molar refractivity (Wildman–Crippen MR) is 87.9 cm³/mol. The van der Waals surface area contributed by atoms with E-state index in [0.717, 1.165) is 24.3 Å². The van der Waals surface area contributed by atoms with E-state index in [1.165, 1.54) is 4.90 Å². The number of ether oxygens (including phenoxy) is 2. The summed E-state index contributed by atoms with van der Waals surface area (Å²) in [5.74, 6) is -0.359. The summed E-state index contributed by atoms with van der Waals surface area (Å²) in [4.78, 5) is 26.2. The number of ketones is 1. The molecule has 5 nitrogen and oxygen atoms in total. The van der Waals surface area contributed by atoms with Crippen LogP contribution in [0.5, 0.6) is 0 Å². The third-order valence-corrected chi connectivity index (χ3v) is 3.81. The summed E-state index contributed by atoms with van der Waals surface area (Å²) < 4.78 is 48.5. The summed E-state index contributed by atoms with van der Waals surface area (Å²) in [5.41, 5.74) is -1.32. The number of alkyl halides is 3. The van der Waals surface area contributed by atoms with Gasteiger partial charge in [0.2, 0.25) is 0 Å². The van der Waals surface area contributed by atoms with E-state index in [9.17, 15) is 22.8 Å². The minimum absolute atomic E-state index is 0.0510. The van der Waals surface area contributed by atoms with Gasteiger partial charge >= 0.3 is 12.3 Å². The van der Waals surface area contributed by atoms with Gasteiger partial charge in [0.1, 0.15) is 5.60 Å². The average molecular weight is 373 g/mol. The van der Waals surface area contributed by atoms with E-state index in [1.54, 1.807) is 20.8 Å². The van der Waals surface area contributed by atoms with E-state index < -0.39 is 29.5 Å². The minimum atomic E-state index is -4.45. The second kappa shape index (κ2) is 7.65. The number of rotatable bonds is 3. The van der Waals surface area contributed by atoms with Crippen molar-refractivity contribution < 1.29 is 32.2 Å². The van der Waals surface area contributed by atoms with Gasteiger partial charge in [-0.3, -0.25) is 4.79 Å². The van der Waals surface area contributed by atoms with Crippen LogP contribution in [-0.2, 0) is 15.7 Å². The Morgan fingerprint density at radius 1 is 1.19 bits per heavy atom. The molecule has 1 heterocycles. The summed E-state index contributed by atoms with van der Waals surface area (Å²) >= 11 is 0. The Hall–Kier alpha value is -2.09. The molecule has 1 amide bonds. The quantitative estimate of drug-likeness (QED) is 0.754. The molecule has 1 saturated heterocycles. The molecule has 0 N–H and O–H groups in total. The molecule has 1 atom stereocenters. The van der Waals surface area contributed by atoms with Crippen LogP contribution in [0.3, 0.4) is 0 Å². The number of Topliss-reactive ketones (excluding diaryl/α,β-unsaturated/α-hetero) is 1. The van der Waals surface area contributed by atoms with Crippen LogP contribution in [0.2, 0.25) is 0 Å². The molecule has 0 bridgehead atoms. The molecule has 26 heavy (non-hydrogen) atoms. The Bertz CT molecular complexity index is 650. The molecule has 0 aromatic heterocycles. The Morgan fingerprint density at radius 3 is 2.35 bits per heavy atom. The highest BCUT2D eigenvalue weighted by atomic mass is 19.4. The number of hydrogen-bond donors (Lipinski definition) is 0. The van der Waals surface area contributed by atoms with Crippen molar-refractivity contribution in [3.05, 3.63) is 35.4 Å². The predicted octanol–water partition coefficient (Wildman–Crippen LogP) is 3.91. The van der Waals surface area contributed by atoms with Crippen molar-refractivity contribution in [2.24, 2.45) is 0 Å². The summed E-state index contributed by atoms with van der Waals surface area (Å²) in [7, 11) is 0. The molecular formula is C18H22F3NO4. The van der Waals surface area contributed by atoms with Crippen molar-refractivity contribution in [1.29, 1.82) is 0 Å². The molecular weight excluding hydrogens is 351 g/mol. The van der Waals surface area contributed by atoms with Gasteiger partial charge in [-0.2, -0.15) is 13.2 Å². The van der Waals surface area contributed by atoms with Gasteiger partial charge < -0.3 is 14.4 Å². The van der Waals surface area contributed by atoms with Crippen LogP contribution >= 0.6 is 0 Å². The van der Waals surface area contributed by atoms with E-state index in [0.29, 0.717) is 13.2 Å². The fraction of sp³-hybridized carbons (Fsp3) is 0.556. The van der Waals surface area contributed by atoms with Crippen LogP contribution < -0.4 is 0 Å². The average Bonchev–Trinajstić information content (AvgIpc) is 2.53. The largest absolute Gasteiger partial charge is 0.444 e. The standard InChI is InChI=1S/C18H22F3NO4/c1-17(2,3)26-16(24)22-8-9-25-11-14(22)10-15(23)12-4-6-13(7-5-12)18(19,20)21/h4-7,14H,8-11H2,1-3H3. The van der Waals surface area contributed by atoms with Gasteiger partial charge in [-0.1, -0.05) is 12.1 Å². The lowest BCUT2D eigenvalue weighted by molar-refractivity contribution is -0.137. The topological polar surface area (TPSA) is 55.8 Å². The zero-order chi connectivity index (χ0) is 19.5. The van der Waals surface area contributed by atoms with Crippen LogP contribution in [0.4, 0.5) is 18.0 Å². The molecule has 2 rings (SSSR count). The van der Waals surface area contributed by atoms with E-state index in [4.69, 9.17) is 9.47 Å². The van der Waals surface area contributed by atoms with Crippen LogP contribution in [0.1, 0.15) is 43.1 Å². The summed E-state index contributed by atoms with van der Waals surface area (Å²) in [6.45, 7) is 6.03. The normalized spacial score (nSPS) is 18.5. The summed E-state index contributed by atoms with van der Waals surface area (Å²) in [5, 5.41) is 0. The molecule has 1 unspecified atom stereocenters. The molecule has 8 heteroatoms. The van der Waals surface area contributed by atoms with Gasteiger partial charge in [-0.05, 0) is 32.9 Å². The molecule has 144 valence electrons. The zero-order valence-electron chi connectivity index (χ0n) is 14.9. The lowest BCUT2D eigenvalue weighted by Crippen LogP contribution is -2.51. The second-order valence-electron chi connectivity index (χ2n) is 7.10. The fourth-order valence-corrected chi connectivity index (χ4v) is 2.56. The number of morpholine rings is 1. The minimum Gasteiger partial charge on any atom is -0.444 e. The number of benzene rings is 1. The van der Waals surface area contributed by atoms with E-state index in [1.807, 2.05) is 0 Å². The molecule has 0 spiro atoms. The summed E-state index contributed by atoms with van der Waals surface area (Å²) in [6, 6.07) is 3.51. The Kier molecular flexibility index (Phi) is 5.95. The number of hydrogen-bond acceptors (Lipinski definition) is 4. The number of carbonyl (C=O) groups is 2. The first kappa shape index (κ1) is 20.2.